The third kappa shape index (κ3) is 7.57. The number of halogens is 4. The number of nitro groups is 1. The van der Waals surface area contributed by atoms with E-state index in [0.29, 0.717) is 6.07 Å². The number of hydrogen-bond donors (Lipinski definition) is 2. The first-order valence-electron chi connectivity index (χ1n) is 12.3. The Kier molecular flexibility index (Phi) is 9.83. The second-order valence-corrected chi connectivity index (χ2v) is 10.2. The van der Waals surface area contributed by atoms with Gasteiger partial charge in [-0.2, -0.15) is 4.98 Å². The topological polar surface area (TPSA) is 144 Å². The van der Waals surface area contributed by atoms with Gasteiger partial charge in [-0.3, -0.25) is 15.0 Å². The number of nitrogens with zero attached hydrogens (tertiary/aromatic N) is 3. The Morgan fingerprint density at radius 1 is 1.12 bits per heavy atom. The number of pyridine rings is 1. The van der Waals surface area contributed by atoms with Crippen LogP contribution in [-0.4, -0.2) is 46.3 Å². The molecule has 2 aromatic carbocycles. The predicted molar refractivity (Wildman–Crippen MR) is 147 cm³/mol. The molecule has 0 radical (unpaired) electrons. The van der Waals surface area contributed by atoms with E-state index in [-0.39, 0.29) is 42.2 Å². The fraction of sp³-hybridized carbons (Fsp3) is 0.296. The van der Waals surface area contributed by atoms with Crippen molar-refractivity contribution < 1.29 is 42.3 Å². The van der Waals surface area contributed by atoms with Gasteiger partial charge in [0, 0.05) is 29.9 Å². The Labute approximate surface area is 243 Å². The van der Waals surface area contributed by atoms with Gasteiger partial charge in [0.1, 0.15) is 11.4 Å². The van der Waals surface area contributed by atoms with Crippen LogP contribution in [0.2, 0.25) is 5.02 Å². The largest absolute Gasteiger partial charge is 0.481 e. The molecule has 15 heteroatoms. The highest BCUT2D eigenvalue weighted by Gasteiger charge is 2.31. The van der Waals surface area contributed by atoms with Gasteiger partial charge < -0.3 is 19.9 Å². The highest BCUT2D eigenvalue weighted by Crippen LogP contribution is 2.33. The van der Waals surface area contributed by atoms with Crippen LogP contribution in [0.1, 0.15) is 43.1 Å². The van der Waals surface area contributed by atoms with Crippen molar-refractivity contribution in [1.29, 1.82) is 0 Å². The summed E-state index contributed by atoms with van der Waals surface area (Å²) in [6.07, 6.45) is -1.34. The summed E-state index contributed by atoms with van der Waals surface area (Å²) in [5, 5.41) is 23.4. The zero-order chi connectivity index (χ0) is 31.4. The lowest BCUT2D eigenvalue weighted by Crippen LogP contribution is -2.38. The molecular formula is C27H26ClF3N4O7. The van der Waals surface area contributed by atoms with Crippen molar-refractivity contribution in [3.63, 3.8) is 0 Å². The number of aromatic carboxylic acids is 1. The number of rotatable bonds is 10. The van der Waals surface area contributed by atoms with Crippen molar-refractivity contribution in [3.8, 4) is 5.88 Å². The summed E-state index contributed by atoms with van der Waals surface area (Å²) in [6.45, 7) is 4.46. The molecule has 0 aliphatic heterocycles. The molecule has 1 aromatic heterocycles. The van der Waals surface area contributed by atoms with Gasteiger partial charge in [0.05, 0.1) is 28.3 Å². The molecular weight excluding hydrogens is 585 g/mol. The summed E-state index contributed by atoms with van der Waals surface area (Å²) >= 11 is 5.81. The molecule has 0 fully saturated rings. The van der Waals surface area contributed by atoms with Gasteiger partial charge >= 0.3 is 17.7 Å². The number of methoxy groups -OCH3 is 1. The molecule has 3 rings (SSSR count). The maximum atomic E-state index is 15.0. The van der Waals surface area contributed by atoms with Gasteiger partial charge in [-0.1, -0.05) is 11.6 Å². The zero-order valence-corrected chi connectivity index (χ0v) is 23.6. The lowest BCUT2D eigenvalue weighted by atomic mass is 10.0. The molecule has 1 amide bonds. The number of ether oxygens (including phenoxy) is 2. The van der Waals surface area contributed by atoms with Crippen molar-refractivity contribution in [3.05, 3.63) is 80.1 Å². The summed E-state index contributed by atoms with van der Waals surface area (Å²) in [4.78, 5) is 40.7. The lowest BCUT2D eigenvalue weighted by Gasteiger charge is -2.27. The van der Waals surface area contributed by atoms with Crippen LogP contribution < -0.4 is 15.0 Å². The van der Waals surface area contributed by atoms with Gasteiger partial charge in [-0.05, 0) is 57.9 Å². The molecule has 0 aliphatic carbocycles. The Morgan fingerprint density at radius 2 is 1.81 bits per heavy atom. The number of aromatic nitrogens is 1. The summed E-state index contributed by atoms with van der Waals surface area (Å²) in [5.74, 6) is -5.39. The van der Waals surface area contributed by atoms with Gasteiger partial charge in [0.2, 0.25) is 11.7 Å². The molecule has 11 nitrogen and oxygen atoms in total. The number of amides is 1. The number of carboxylic acids is 1. The summed E-state index contributed by atoms with van der Waals surface area (Å²) in [5.41, 5.74) is -2.53. The first-order valence-corrected chi connectivity index (χ1v) is 12.7. The van der Waals surface area contributed by atoms with Crippen LogP contribution >= 0.6 is 11.6 Å². The van der Waals surface area contributed by atoms with Crippen molar-refractivity contribution in [2.75, 3.05) is 23.9 Å². The van der Waals surface area contributed by atoms with E-state index < -0.39 is 62.1 Å². The Balaban J connectivity index is 1.99. The van der Waals surface area contributed by atoms with Crippen molar-refractivity contribution in [2.24, 2.45) is 0 Å². The molecule has 224 valence electrons. The van der Waals surface area contributed by atoms with E-state index >= 15 is 4.39 Å². The normalized spacial score (nSPS) is 11.1. The van der Waals surface area contributed by atoms with Crippen LogP contribution in [0, 0.1) is 27.6 Å². The fourth-order valence-corrected chi connectivity index (χ4v) is 3.98. The number of benzene rings is 2. The van der Waals surface area contributed by atoms with Crippen LogP contribution in [-0.2, 0) is 11.2 Å². The highest BCUT2D eigenvalue weighted by molar-refractivity contribution is 6.31. The SMILES string of the molecule is COc1ccc([N+](=O)[O-])c(N(CCCc2c(Nc3cc(Cl)c(F)cc3C(=O)O)ccc(F)c2F)C(=O)OC(C)(C)C)n1. The quantitative estimate of drug-likeness (QED) is 0.185. The van der Waals surface area contributed by atoms with Crippen LogP contribution in [0.3, 0.4) is 0 Å². The fourth-order valence-electron chi connectivity index (χ4n) is 3.82. The zero-order valence-electron chi connectivity index (χ0n) is 22.8. The lowest BCUT2D eigenvalue weighted by molar-refractivity contribution is -0.384. The third-order valence-electron chi connectivity index (χ3n) is 5.67. The molecule has 1 heterocycles. The molecule has 2 N–H and O–H groups in total. The van der Waals surface area contributed by atoms with Crippen LogP contribution in [0.15, 0.2) is 36.4 Å². The summed E-state index contributed by atoms with van der Waals surface area (Å²) < 4.78 is 53.6. The molecule has 0 bridgehead atoms. The molecule has 0 unspecified atom stereocenters. The van der Waals surface area contributed by atoms with Gasteiger partial charge in [-0.15, -0.1) is 0 Å². The number of anilines is 3. The van der Waals surface area contributed by atoms with E-state index in [4.69, 9.17) is 21.1 Å². The van der Waals surface area contributed by atoms with E-state index in [2.05, 4.69) is 10.3 Å². The predicted octanol–water partition coefficient (Wildman–Crippen LogP) is 6.89. The van der Waals surface area contributed by atoms with E-state index in [1.165, 1.54) is 13.2 Å². The average Bonchev–Trinajstić information content (AvgIpc) is 2.90. The minimum atomic E-state index is -1.50. The highest BCUT2D eigenvalue weighted by atomic mass is 35.5. The molecule has 3 aromatic rings. The number of carboxylic acid groups (broad SMARTS) is 1. The minimum absolute atomic E-state index is 0.0287. The monoisotopic (exact) mass is 610 g/mol. The van der Waals surface area contributed by atoms with Crippen LogP contribution in [0.25, 0.3) is 0 Å². The second-order valence-electron chi connectivity index (χ2n) is 9.82. The summed E-state index contributed by atoms with van der Waals surface area (Å²) in [7, 11) is 1.28. The maximum Gasteiger partial charge on any atom is 0.416 e. The second kappa shape index (κ2) is 12.9. The van der Waals surface area contributed by atoms with Crippen molar-refractivity contribution in [2.45, 2.75) is 39.2 Å². The van der Waals surface area contributed by atoms with E-state index in [0.717, 1.165) is 29.2 Å². The third-order valence-corrected chi connectivity index (χ3v) is 5.96. The molecule has 42 heavy (non-hydrogen) atoms. The van der Waals surface area contributed by atoms with Gasteiger partial charge in [-0.25, -0.2) is 22.8 Å². The molecule has 0 saturated heterocycles. The number of carbonyl (C=O) groups is 2. The average molecular weight is 611 g/mol. The number of carbonyl (C=O) groups excluding carboxylic acids is 1. The standard InChI is InChI=1S/C27H26ClF3N4O7/c1-27(2,3)42-26(38)34(24-21(35(39)40)9-10-22(33-24)41-4)11-5-6-14-19(8-7-17(29)23(14)31)32-20-13-16(28)18(30)12-15(20)25(36)37/h7-10,12-13,32H,5-6,11H2,1-4H3,(H,36,37). The van der Waals surface area contributed by atoms with Crippen LogP contribution in [0.5, 0.6) is 5.88 Å². The van der Waals surface area contributed by atoms with E-state index in [9.17, 15) is 33.6 Å². The smallest absolute Gasteiger partial charge is 0.416 e. The summed E-state index contributed by atoms with van der Waals surface area (Å²) in [6, 6.07) is 5.96. The minimum Gasteiger partial charge on any atom is -0.481 e. The Morgan fingerprint density at radius 3 is 2.40 bits per heavy atom. The van der Waals surface area contributed by atoms with Crippen molar-refractivity contribution >= 4 is 46.5 Å². The van der Waals surface area contributed by atoms with E-state index in [1.807, 2.05) is 0 Å². The number of nitrogens with one attached hydrogen (secondary N) is 1. The Bertz CT molecular complexity index is 1530. The van der Waals surface area contributed by atoms with Crippen molar-refractivity contribution in [1.82, 2.24) is 4.98 Å². The van der Waals surface area contributed by atoms with Gasteiger partial charge in [0.25, 0.3) is 0 Å². The molecule has 0 spiro atoms. The maximum absolute atomic E-state index is 15.0. The molecule has 0 saturated carbocycles. The molecule has 0 aliphatic rings. The first kappa shape index (κ1) is 31.9. The number of hydrogen-bond acceptors (Lipinski definition) is 8. The molecule has 0 atom stereocenters. The van der Waals surface area contributed by atoms with Gasteiger partial charge in [0.15, 0.2) is 11.6 Å². The van der Waals surface area contributed by atoms with E-state index in [1.54, 1.807) is 20.8 Å². The Hall–Kier alpha value is -4.59. The van der Waals surface area contributed by atoms with Crippen LogP contribution in [0.4, 0.5) is 40.8 Å². The first-order chi connectivity index (χ1) is 19.6.